The number of hydrogen-bond acceptors (Lipinski definition) is 3. The second-order valence-electron chi connectivity index (χ2n) is 3.82. The molecule has 0 atom stereocenters. The van der Waals surface area contributed by atoms with Crippen molar-refractivity contribution < 1.29 is 27.1 Å². The van der Waals surface area contributed by atoms with Gasteiger partial charge in [0.1, 0.15) is 12.4 Å². The minimum atomic E-state index is -4.85. The van der Waals surface area contributed by atoms with Crippen molar-refractivity contribution in [3.8, 4) is 0 Å². The molecule has 0 radical (unpaired) electrons. The van der Waals surface area contributed by atoms with Crippen LogP contribution in [0.4, 0.5) is 17.6 Å². The molecule has 1 aromatic carbocycles. The number of hydrogen-bond donors (Lipinski definition) is 0. The standard InChI is InChI=1S/C13H8F4O2S/c14-11-9(4-1-5-10(11)13(15,16)17)12(18)19-7-8-3-2-6-20-8/h1-6H,7H2. The minimum Gasteiger partial charge on any atom is -0.456 e. The van der Waals surface area contributed by atoms with Crippen LogP contribution in [-0.4, -0.2) is 5.97 Å². The lowest BCUT2D eigenvalue weighted by Gasteiger charge is -2.10. The van der Waals surface area contributed by atoms with Gasteiger partial charge in [-0.3, -0.25) is 0 Å². The molecule has 0 aliphatic rings. The number of rotatable bonds is 3. The summed E-state index contributed by atoms with van der Waals surface area (Å²) < 4.78 is 56.0. The topological polar surface area (TPSA) is 26.3 Å². The average Bonchev–Trinajstić information content (AvgIpc) is 2.88. The molecule has 2 rings (SSSR count). The molecular formula is C13H8F4O2S. The summed E-state index contributed by atoms with van der Waals surface area (Å²) in [6.45, 7) is -0.105. The van der Waals surface area contributed by atoms with E-state index >= 15 is 0 Å². The van der Waals surface area contributed by atoms with Crippen molar-refractivity contribution in [2.75, 3.05) is 0 Å². The molecule has 2 nitrogen and oxygen atoms in total. The zero-order valence-corrected chi connectivity index (χ0v) is 10.7. The molecule has 0 aliphatic heterocycles. The summed E-state index contributed by atoms with van der Waals surface area (Å²) in [5.41, 5.74) is -2.21. The van der Waals surface area contributed by atoms with E-state index in [0.29, 0.717) is 10.9 Å². The van der Waals surface area contributed by atoms with Gasteiger partial charge in [-0.2, -0.15) is 13.2 Å². The van der Waals surface area contributed by atoms with Gasteiger partial charge < -0.3 is 4.74 Å². The van der Waals surface area contributed by atoms with E-state index in [9.17, 15) is 22.4 Å². The van der Waals surface area contributed by atoms with Crippen molar-refractivity contribution in [3.05, 3.63) is 57.5 Å². The van der Waals surface area contributed by atoms with Crippen LogP contribution in [0, 0.1) is 5.82 Å². The number of benzene rings is 1. The van der Waals surface area contributed by atoms with E-state index in [0.717, 1.165) is 12.1 Å². The Morgan fingerprint density at radius 3 is 2.55 bits per heavy atom. The van der Waals surface area contributed by atoms with E-state index in [1.165, 1.54) is 11.3 Å². The van der Waals surface area contributed by atoms with Gasteiger partial charge in [0, 0.05) is 4.88 Å². The van der Waals surface area contributed by atoms with Crippen molar-refractivity contribution in [2.45, 2.75) is 12.8 Å². The fraction of sp³-hybridized carbons (Fsp3) is 0.154. The number of ether oxygens (including phenoxy) is 1. The molecule has 7 heteroatoms. The van der Waals surface area contributed by atoms with Crippen LogP contribution in [0.15, 0.2) is 35.7 Å². The first-order chi connectivity index (χ1) is 9.39. The predicted octanol–water partition coefficient (Wildman–Crippen LogP) is 4.26. The largest absolute Gasteiger partial charge is 0.456 e. The van der Waals surface area contributed by atoms with Gasteiger partial charge in [0.25, 0.3) is 0 Å². The maximum atomic E-state index is 13.7. The van der Waals surface area contributed by atoms with Gasteiger partial charge in [-0.25, -0.2) is 9.18 Å². The van der Waals surface area contributed by atoms with E-state index < -0.39 is 29.1 Å². The van der Waals surface area contributed by atoms with Gasteiger partial charge >= 0.3 is 12.1 Å². The molecule has 0 N–H and O–H groups in total. The Labute approximate surface area is 115 Å². The fourth-order valence-corrected chi connectivity index (χ4v) is 2.13. The molecule has 20 heavy (non-hydrogen) atoms. The molecule has 1 heterocycles. The zero-order valence-electron chi connectivity index (χ0n) is 9.91. The summed E-state index contributed by atoms with van der Waals surface area (Å²) in [6.07, 6.45) is -4.85. The lowest BCUT2D eigenvalue weighted by molar-refractivity contribution is -0.140. The second-order valence-corrected chi connectivity index (χ2v) is 4.85. The molecule has 0 amide bonds. The maximum Gasteiger partial charge on any atom is 0.419 e. The second kappa shape index (κ2) is 5.62. The van der Waals surface area contributed by atoms with Gasteiger partial charge in [-0.1, -0.05) is 12.1 Å². The normalized spacial score (nSPS) is 11.4. The molecule has 0 aliphatic carbocycles. The summed E-state index contributed by atoms with van der Waals surface area (Å²) in [4.78, 5) is 12.3. The van der Waals surface area contributed by atoms with Crippen LogP contribution in [0.2, 0.25) is 0 Å². The average molecular weight is 304 g/mol. The van der Waals surface area contributed by atoms with E-state index in [4.69, 9.17) is 4.74 Å². The number of carbonyl (C=O) groups is 1. The zero-order chi connectivity index (χ0) is 14.8. The van der Waals surface area contributed by atoms with Crippen molar-refractivity contribution in [1.29, 1.82) is 0 Å². The number of thiophene rings is 1. The Kier molecular flexibility index (Phi) is 4.08. The van der Waals surface area contributed by atoms with Crippen LogP contribution in [0.3, 0.4) is 0 Å². The highest BCUT2D eigenvalue weighted by atomic mass is 32.1. The third-order valence-electron chi connectivity index (χ3n) is 2.45. The van der Waals surface area contributed by atoms with Crippen LogP contribution < -0.4 is 0 Å². The van der Waals surface area contributed by atoms with Crippen molar-refractivity contribution in [2.24, 2.45) is 0 Å². The molecule has 106 valence electrons. The number of halogens is 4. The Morgan fingerprint density at radius 1 is 1.20 bits per heavy atom. The molecule has 0 bridgehead atoms. The number of carbonyl (C=O) groups excluding carboxylic acids is 1. The van der Waals surface area contributed by atoms with Crippen molar-refractivity contribution in [1.82, 2.24) is 0 Å². The predicted molar refractivity (Wildman–Crippen MR) is 64.8 cm³/mol. The highest BCUT2D eigenvalue weighted by Crippen LogP contribution is 2.32. The van der Waals surface area contributed by atoms with Gasteiger partial charge in [0.15, 0.2) is 0 Å². The van der Waals surface area contributed by atoms with Crippen LogP contribution in [0.5, 0.6) is 0 Å². The highest BCUT2D eigenvalue weighted by molar-refractivity contribution is 7.09. The smallest absolute Gasteiger partial charge is 0.419 e. The Balaban J connectivity index is 2.18. The summed E-state index contributed by atoms with van der Waals surface area (Å²) in [5, 5.41) is 1.76. The molecule has 0 saturated heterocycles. The van der Waals surface area contributed by atoms with E-state index in [1.807, 2.05) is 0 Å². The third kappa shape index (κ3) is 3.16. The Morgan fingerprint density at radius 2 is 1.95 bits per heavy atom. The SMILES string of the molecule is O=C(OCc1cccs1)c1cccc(C(F)(F)F)c1F. The molecule has 0 unspecified atom stereocenters. The summed E-state index contributed by atoms with van der Waals surface area (Å²) in [6, 6.07) is 5.93. The van der Waals surface area contributed by atoms with Gasteiger partial charge in [-0.05, 0) is 23.6 Å². The lowest BCUT2D eigenvalue weighted by atomic mass is 10.1. The van der Waals surface area contributed by atoms with Gasteiger partial charge in [0.05, 0.1) is 11.1 Å². The Hall–Kier alpha value is -1.89. The minimum absolute atomic E-state index is 0.105. The van der Waals surface area contributed by atoms with E-state index in [1.54, 1.807) is 17.5 Å². The Bertz CT molecular complexity index is 605. The fourth-order valence-electron chi connectivity index (χ4n) is 1.52. The maximum absolute atomic E-state index is 13.7. The first kappa shape index (κ1) is 14.5. The van der Waals surface area contributed by atoms with Crippen molar-refractivity contribution in [3.63, 3.8) is 0 Å². The van der Waals surface area contributed by atoms with Crippen LogP contribution in [0.1, 0.15) is 20.8 Å². The molecule has 1 aromatic heterocycles. The lowest BCUT2D eigenvalue weighted by Crippen LogP contribution is -2.14. The highest BCUT2D eigenvalue weighted by Gasteiger charge is 2.35. The van der Waals surface area contributed by atoms with Crippen LogP contribution >= 0.6 is 11.3 Å². The molecule has 0 spiro atoms. The quantitative estimate of drug-likeness (QED) is 0.625. The number of alkyl halides is 3. The van der Waals surface area contributed by atoms with Gasteiger partial charge in [-0.15, -0.1) is 11.3 Å². The van der Waals surface area contributed by atoms with Gasteiger partial charge in [0.2, 0.25) is 0 Å². The molecule has 0 saturated carbocycles. The summed E-state index contributed by atoms with van der Waals surface area (Å²) in [7, 11) is 0. The number of esters is 1. The molecule has 2 aromatic rings. The summed E-state index contributed by atoms with van der Waals surface area (Å²) in [5.74, 6) is -2.74. The first-order valence-electron chi connectivity index (χ1n) is 5.45. The van der Waals surface area contributed by atoms with Crippen molar-refractivity contribution >= 4 is 17.3 Å². The first-order valence-corrected chi connectivity index (χ1v) is 6.33. The van der Waals surface area contributed by atoms with Crippen LogP contribution in [-0.2, 0) is 17.5 Å². The summed E-state index contributed by atoms with van der Waals surface area (Å²) >= 11 is 1.32. The van der Waals surface area contributed by atoms with E-state index in [-0.39, 0.29) is 6.61 Å². The van der Waals surface area contributed by atoms with Crippen LogP contribution in [0.25, 0.3) is 0 Å². The molecular weight excluding hydrogens is 296 g/mol. The monoisotopic (exact) mass is 304 g/mol. The molecule has 0 fully saturated rings. The third-order valence-corrected chi connectivity index (χ3v) is 3.30. The van der Waals surface area contributed by atoms with E-state index in [2.05, 4.69) is 0 Å².